The number of pyridine rings is 1. The third kappa shape index (κ3) is 5.27. The number of rotatable bonds is 11. The van der Waals surface area contributed by atoms with E-state index in [1.54, 1.807) is 6.07 Å². The van der Waals surface area contributed by atoms with Gasteiger partial charge in [0.2, 0.25) is 0 Å². The minimum atomic E-state index is -1.08. The van der Waals surface area contributed by atoms with E-state index in [1.807, 2.05) is 24.5 Å². The maximum Gasteiger partial charge on any atom is 0.251 e. The van der Waals surface area contributed by atoms with Gasteiger partial charge in [0, 0.05) is 57.4 Å². The van der Waals surface area contributed by atoms with Crippen molar-refractivity contribution in [1.29, 1.82) is 5.41 Å². The lowest BCUT2D eigenvalue weighted by molar-refractivity contribution is 0.0521. The zero-order valence-electron chi connectivity index (χ0n) is 24.1. The number of nitrogens with two attached hydrogens (primary N) is 1. The van der Waals surface area contributed by atoms with Crippen molar-refractivity contribution in [3.8, 4) is 0 Å². The van der Waals surface area contributed by atoms with Crippen LogP contribution >= 0.6 is 0 Å². The van der Waals surface area contributed by atoms with E-state index in [9.17, 15) is 15.2 Å². The first-order chi connectivity index (χ1) is 20.8. The van der Waals surface area contributed by atoms with Gasteiger partial charge in [0.1, 0.15) is 6.04 Å². The van der Waals surface area contributed by atoms with E-state index >= 15 is 0 Å². The molecule has 222 valence electrons. The number of allylic oxidation sites excluding steroid dienone is 1. The summed E-state index contributed by atoms with van der Waals surface area (Å²) in [5, 5.41) is 20.7. The summed E-state index contributed by atoms with van der Waals surface area (Å²) in [6.07, 6.45) is 11.7. The van der Waals surface area contributed by atoms with Gasteiger partial charge in [0.15, 0.2) is 0 Å². The van der Waals surface area contributed by atoms with E-state index in [2.05, 4.69) is 54.6 Å². The van der Waals surface area contributed by atoms with Gasteiger partial charge >= 0.3 is 0 Å². The maximum absolute atomic E-state index is 13.1. The molecule has 1 aromatic heterocycles. The number of benzene rings is 1. The normalized spacial score (nSPS) is 26.6. The van der Waals surface area contributed by atoms with Gasteiger partial charge in [-0.2, -0.15) is 4.91 Å². The molecule has 0 radical (unpaired) electrons. The summed E-state index contributed by atoms with van der Waals surface area (Å²) in [7, 11) is 0. The van der Waals surface area contributed by atoms with Crippen LogP contribution in [-0.2, 0) is 12.8 Å². The molecule has 13 nitrogen and oxygen atoms in total. The third-order valence-corrected chi connectivity index (χ3v) is 9.84. The summed E-state index contributed by atoms with van der Waals surface area (Å²) in [6.45, 7) is 2.19. The second kappa shape index (κ2) is 12.3. The number of amides is 1. The molecule has 0 spiro atoms. The molecule has 0 bridgehead atoms. The molecular weight excluding hydrogens is 546 g/mol. The zero-order valence-corrected chi connectivity index (χ0v) is 24.1. The monoisotopic (exact) mass is 581 g/mol. The van der Waals surface area contributed by atoms with Gasteiger partial charge in [-0.05, 0) is 102 Å². The highest BCUT2D eigenvalue weighted by molar-refractivity contribution is 5.96. The van der Waals surface area contributed by atoms with Crippen LogP contribution in [0.4, 0.5) is 0 Å². The highest BCUT2D eigenvalue weighted by atomic mass is 16.3. The van der Waals surface area contributed by atoms with Crippen LogP contribution in [0.1, 0.15) is 71.1 Å². The molecule has 13 heteroatoms. The molecule has 3 aliphatic carbocycles. The fourth-order valence-corrected chi connectivity index (χ4v) is 7.74. The van der Waals surface area contributed by atoms with Crippen molar-refractivity contribution in [1.82, 2.24) is 10.3 Å². The smallest absolute Gasteiger partial charge is 0.251 e. The summed E-state index contributed by atoms with van der Waals surface area (Å²) in [6, 6.07) is 5.70. The molecular formula is C30H35N11O2. The fourth-order valence-electron chi connectivity index (χ4n) is 7.74. The Morgan fingerprint density at radius 3 is 2.79 bits per heavy atom. The quantitative estimate of drug-likeness (QED) is 0.0990. The average Bonchev–Trinajstić information content (AvgIpc) is 3.43. The van der Waals surface area contributed by atoms with E-state index in [4.69, 9.17) is 16.7 Å². The van der Waals surface area contributed by atoms with Crippen molar-refractivity contribution >= 4 is 17.7 Å². The number of aromatic nitrogens is 1. The number of aryl methyl sites for hydroxylation is 2. The van der Waals surface area contributed by atoms with E-state index in [1.165, 1.54) is 5.57 Å². The number of nitroso groups, excluding NO2 is 1. The Kier molecular flexibility index (Phi) is 8.59. The molecule has 1 heterocycles. The second-order valence-electron chi connectivity index (χ2n) is 11.8. The molecule has 1 saturated carbocycles. The Morgan fingerprint density at radius 2 is 2.07 bits per heavy atom. The molecule has 6 atom stereocenters. The van der Waals surface area contributed by atoms with Crippen LogP contribution in [0.5, 0.6) is 0 Å². The van der Waals surface area contributed by atoms with Crippen LogP contribution in [0.15, 0.2) is 58.1 Å². The lowest BCUT2D eigenvalue weighted by Crippen LogP contribution is -2.62. The maximum atomic E-state index is 13.1. The van der Waals surface area contributed by atoms with Gasteiger partial charge < -0.3 is 16.5 Å². The number of azide groups is 2. The number of hydrogen-bond acceptors (Lipinski definition) is 8. The van der Waals surface area contributed by atoms with E-state index in [-0.39, 0.29) is 23.8 Å². The molecule has 1 aromatic carbocycles. The Hall–Kier alpha value is -4.57. The minimum absolute atomic E-state index is 0.0761. The van der Waals surface area contributed by atoms with Gasteiger partial charge in [-0.1, -0.05) is 34.5 Å². The standard InChI is InChI=1S/C30H35N11O2/c1-2-18-11-21(15-35-14-18)23-5-6-27-29(23,17-37-41-34)9-8-24-22-4-3-20(12-19(22)7-10-30(24,27)32)28(42)38-25(13-31)26(39-43)16-36-40-33/h3-5,11-15,24-27,31H,2,6-10,16-17,32H2,1H3,(H,38,42)/t24?,25-,26-,27?,29-,30-/m0/s1. The van der Waals surface area contributed by atoms with Crippen LogP contribution in [0.2, 0.25) is 0 Å². The molecule has 43 heavy (non-hydrogen) atoms. The van der Waals surface area contributed by atoms with Crippen LogP contribution in [0.25, 0.3) is 26.5 Å². The number of hydrogen-bond donors (Lipinski definition) is 3. The highest BCUT2D eigenvalue weighted by Gasteiger charge is 2.60. The predicted molar refractivity (Wildman–Crippen MR) is 163 cm³/mol. The van der Waals surface area contributed by atoms with Crippen molar-refractivity contribution in [3.63, 3.8) is 0 Å². The fraction of sp³-hybridized carbons (Fsp3) is 0.500. The number of carbonyl (C=O) groups is 1. The van der Waals surface area contributed by atoms with Gasteiger partial charge in [-0.25, -0.2) is 0 Å². The molecule has 1 amide bonds. The Bertz CT molecular complexity index is 1560. The highest BCUT2D eigenvalue weighted by Crippen LogP contribution is 2.64. The summed E-state index contributed by atoms with van der Waals surface area (Å²) < 4.78 is 0. The first kappa shape index (κ1) is 29.9. The van der Waals surface area contributed by atoms with Crippen LogP contribution in [-0.4, -0.2) is 47.8 Å². The van der Waals surface area contributed by atoms with Crippen molar-refractivity contribution < 1.29 is 4.79 Å². The molecule has 5 rings (SSSR count). The SMILES string of the molecule is CCc1cncc(C2=CCC3[C@]2(CN=[N+]=[N-])CCC2c4ccc(C(=O)N[C@@H](C=N)[C@H](CN=[N+]=[N-])N=O)cc4CC[C@]23N)c1. The summed E-state index contributed by atoms with van der Waals surface area (Å²) >= 11 is 0. The second-order valence-corrected chi connectivity index (χ2v) is 11.8. The Balaban J connectivity index is 1.42. The van der Waals surface area contributed by atoms with Gasteiger partial charge in [-0.3, -0.25) is 9.78 Å². The Morgan fingerprint density at radius 1 is 1.26 bits per heavy atom. The molecule has 0 aliphatic heterocycles. The van der Waals surface area contributed by atoms with Gasteiger partial charge in [-0.15, -0.1) is 0 Å². The topological polar surface area (TPSA) is 219 Å². The summed E-state index contributed by atoms with van der Waals surface area (Å²) in [4.78, 5) is 34.6. The van der Waals surface area contributed by atoms with Crippen molar-refractivity contribution in [2.24, 2.45) is 32.5 Å². The van der Waals surface area contributed by atoms with E-state index in [0.717, 1.165) is 60.6 Å². The largest absolute Gasteiger partial charge is 0.342 e. The molecule has 2 aromatic rings. The Labute approximate surface area is 249 Å². The average molecular weight is 582 g/mol. The van der Waals surface area contributed by atoms with Crippen molar-refractivity contribution in [3.05, 3.63) is 96.3 Å². The first-order valence-electron chi connectivity index (χ1n) is 14.6. The molecule has 0 saturated heterocycles. The molecule has 2 unspecified atom stereocenters. The van der Waals surface area contributed by atoms with Crippen molar-refractivity contribution in [2.75, 3.05) is 13.1 Å². The number of fused-ring (bicyclic) bond motifs is 5. The minimum Gasteiger partial charge on any atom is -0.342 e. The number of carbonyl (C=O) groups excluding carboxylic acids is 1. The van der Waals surface area contributed by atoms with Crippen LogP contribution in [0.3, 0.4) is 0 Å². The zero-order chi connectivity index (χ0) is 30.6. The van der Waals surface area contributed by atoms with Crippen LogP contribution in [0, 0.1) is 21.6 Å². The van der Waals surface area contributed by atoms with Crippen LogP contribution < -0.4 is 11.1 Å². The lowest BCUT2D eigenvalue weighted by atomic mass is 9.49. The summed E-state index contributed by atoms with van der Waals surface area (Å²) in [5.41, 5.74) is 30.4. The number of nitrogens with one attached hydrogen (secondary N) is 2. The van der Waals surface area contributed by atoms with E-state index in [0.29, 0.717) is 18.5 Å². The van der Waals surface area contributed by atoms with E-state index < -0.39 is 23.5 Å². The molecule has 4 N–H and O–H groups in total. The third-order valence-electron chi connectivity index (χ3n) is 9.84. The van der Waals surface area contributed by atoms with Gasteiger partial charge in [0.05, 0.1) is 12.6 Å². The number of nitrogens with zero attached hydrogens (tertiary/aromatic N) is 8. The predicted octanol–water partition coefficient (Wildman–Crippen LogP) is 5.76. The molecule has 1 fully saturated rings. The molecule has 3 aliphatic rings. The lowest BCUT2D eigenvalue weighted by Gasteiger charge is -2.57. The van der Waals surface area contributed by atoms with Gasteiger partial charge in [0.25, 0.3) is 5.91 Å². The first-order valence-corrected chi connectivity index (χ1v) is 14.6. The van der Waals surface area contributed by atoms with Crippen molar-refractivity contribution in [2.45, 2.75) is 69.0 Å². The summed E-state index contributed by atoms with van der Waals surface area (Å²) in [5.74, 6) is -0.287.